The van der Waals surface area contributed by atoms with E-state index in [1.165, 1.54) is 179 Å². The van der Waals surface area contributed by atoms with Gasteiger partial charge in [0, 0.05) is 170 Å². The van der Waals surface area contributed by atoms with Crippen LogP contribution < -0.4 is 22.8 Å². The van der Waals surface area contributed by atoms with Crippen LogP contribution in [0, 0.1) is 27.7 Å². The topological polar surface area (TPSA) is 49.0 Å². The van der Waals surface area contributed by atoms with Gasteiger partial charge in [0.15, 0.2) is 0 Å². The van der Waals surface area contributed by atoms with Gasteiger partial charge >= 0.3 is 0 Å². The van der Waals surface area contributed by atoms with Crippen molar-refractivity contribution < 1.29 is 22.8 Å². The molecule has 8 aromatic carbocycles. The third-order valence-electron chi connectivity index (χ3n) is 23.1. The quantitative estimate of drug-likeness (QED) is 0.123. The summed E-state index contributed by atoms with van der Waals surface area (Å²) in [7, 11) is 23.4. The molecule has 0 saturated heterocycles. The minimum atomic E-state index is 1.21. The standard InChI is InChI=1S/C24H22N3.C24H22N.C22H21N2.C18H19N2.C16H18N3/c1-25-19-11-6-4-9-17(19)15-23(25)21-13-8-14-22(27(21)3)24-16-18-10-5-7-12-20(18)26(24)2;1-17-10-4-7-13-20(17)23-16-19-12-6-9-15-22(19)24(25(23)3)21-14-8-5-11-18(21)2;1-16-9-4-6-11-18(16)20-13-8-14-21(24(20)3)22-15-17-10-5-7-12-19(17)23(22)2;1-14-8-4-5-9-15(14)16-10-6-11-18(20(16)3)17-12-7-13-19(17)2;1-17-11-5-9-13(17)15-7-4-8-16(19(15)3)14-10-6-12-18(14)2/h4-16H,1-3H3;4-16H,1-3H3;4-15H,1-3H3;4-13H,1-3H3;4-12H,1-3H3/q5*+1. The van der Waals surface area contributed by atoms with Crippen LogP contribution in [0.5, 0.6) is 0 Å². The normalized spacial score (nSPS) is 11.1. The Morgan fingerprint density at radius 3 is 0.774 bits per heavy atom. The minimum absolute atomic E-state index is 1.21. The number of benzene rings is 8. The average Bonchev–Trinajstić information content (AvgIpc) is 1.71. The predicted molar refractivity (Wildman–Crippen MR) is 475 cm³/mol. The SMILES string of the molecule is Cc1ccccc1-c1cc2ccccc2c(-c2ccccc2C)[n+]1C.Cc1ccccc1-c1cccc(-c2cc3ccccc3n2C)[n+]1C.Cc1ccccc1-c1cccc(-c2cccn2C)[n+]1C.Cn1c(-c2cccc(-c3cc4ccccc4n3C)[n+]2C)cc2ccccc21.Cn1cccc1-c1cccc(-c2cccn2C)[n+]1C. The van der Waals surface area contributed by atoms with E-state index in [1.807, 2.05) is 0 Å². The van der Waals surface area contributed by atoms with E-state index < -0.39 is 0 Å². The van der Waals surface area contributed by atoms with Gasteiger partial charge < -0.3 is 27.4 Å². The molecule has 19 rings (SSSR count). The van der Waals surface area contributed by atoms with E-state index in [0.29, 0.717) is 0 Å². The van der Waals surface area contributed by atoms with Crippen LogP contribution in [0.25, 0.3) is 157 Å². The Balaban J connectivity index is 0.000000114. The Bertz CT molecular complexity index is 6600. The Hall–Kier alpha value is -13.8. The molecule has 11 aromatic heterocycles. The highest BCUT2D eigenvalue weighted by Gasteiger charge is 2.27. The summed E-state index contributed by atoms with van der Waals surface area (Å²) in [5.74, 6) is 0. The highest BCUT2D eigenvalue weighted by molar-refractivity contribution is 5.96. The van der Waals surface area contributed by atoms with Crippen LogP contribution in [-0.2, 0) is 77.5 Å². The molecule has 115 heavy (non-hydrogen) atoms. The summed E-state index contributed by atoms with van der Waals surface area (Å²) in [4.78, 5) is 0. The third kappa shape index (κ3) is 15.2. The summed E-state index contributed by atoms with van der Waals surface area (Å²) < 4.78 is 24.7. The van der Waals surface area contributed by atoms with Gasteiger partial charge in [-0.3, -0.25) is 0 Å². The van der Waals surface area contributed by atoms with Gasteiger partial charge in [-0.1, -0.05) is 146 Å². The molecule has 0 fully saturated rings. The van der Waals surface area contributed by atoms with Crippen molar-refractivity contribution in [1.29, 1.82) is 0 Å². The van der Waals surface area contributed by atoms with Crippen LogP contribution in [-0.4, -0.2) is 27.4 Å². The van der Waals surface area contributed by atoms with E-state index in [9.17, 15) is 0 Å². The lowest BCUT2D eigenvalue weighted by Crippen LogP contribution is -2.34. The molecule has 0 N–H and O–H groups in total. The maximum atomic E-state index is 2.34. The van der Waals surface area contributed by atoms with Crippen LogP contribution in [0.2, 0.25) is 0 Å². The first-order valence-electron chi connectivity index (χ1n) is 39.5. The van der Waals surface area contributed by atoms with Crippen molar-refractivity contribution in [2.45, 2.75) is 27.7 Å². The molecule has 0 saturated carbocycles. The molecular formula is C104H102N11+5. The number of aryl methyl sites for hydroxylation is 10. The monoisotopic (exact) mass is 1500 g/mol. The van der Waals surface area contributed by atoms with E-state index in [1.54, 1.807) is 0 Å². The summed E-state index contributed by atoms with van der Waals surface area (Å²) in [5, 5.41) is 6.38. The number of aromatic nitrogens is 11. The fourth-order valence-electron chi connectivity index (χ4n) is 16.6. The summed E-state index contributed by atoms with van der Waals surface area (Å²) in [6.45, 7) is 8.69. The number of hydrogen-bond donors (Lipinski definition) is 0. The highest BCUT2D eigenvalue weighted by Crippen LogP contribution is 2.35. The van der Waals surface area contributed by atoms with Crippen molar-refractivity contribution >= 4 is 43.5 Å². The van der Waals surface area contributed by atoms with Gasteiger partial charge in [0.25, 0.3) is 0 Å². The van der Waals surface area contributed by atoms with E-state index in [-0.39, 0.29) is 0 Å². The maximum absolute atomic E-state index is 2.34. The van der Waals surface area contributed by atoms with Gasteiger partial charge in [-0.25, -0.2) is 0 Å². The molecule has 568 valence electrons. The molecule has 19 aromatic rings. The molecule has 0 aliphatic heterocycles. The molecular weight excluding hydrogens is 1400 g/mol. The smallest absolute Gasteiger partial charge is 0.229 e. The van der Waals surface area contributed by atoms with Crippen LogP contribution in [0.15, 0.2) is 346 Å². The number of para-hydroxylation sites is 3. The second-order valence-corrected chi connectivity index (χ2v) is 30.2. The molecule has 0 aliphatic carbocycles. The van der Waals surface area contributed by atoms with Crippen molar-refractivity contribution in [3.8, 4) is 113 Å². The molecule has 11 nitrogen and oxygen atoms in total. The average molecular weight is 1510 g/mol. The van der Waals surface area contributed by atoms with E-state index in [2.05, 4.69) is 502 Å². The van der Waals surface area contributed by atoms with Crippen LogP contribution in [0.3, 0.4) is 0 Å². The van der Waals surface area contributed by atoms with Gasteiger partial charge in [0.1, 0.15) is 69.4 Å². The molecule has 0 unspecified atom stereocenters. The van der Waals surface area contributed by atoms with Gasteiger partial charge in [-0.2, -0.15) is 22.8 Å². The zero-order valence-electron chi connectivity index (χ0n) is 68.8. The van der Waals surface area contributed by atoms with Crippen molar-refractivity contribution in [3.05, 3.63) is 368 Å². The van der Waals surface area contributed by atoms with Crippen molar-refractivity contribution in [3.63, 3.8) is 0 Å². The lowest BCUT2D eigenvalue weighted by atomic mass is 9.96. The van der Waals surface area contributed by atoms with Crippen LogP contribution in [0.4, 0.5) is 0 Å². The van der Waals surface area contributed by atoms with Gasteiger partial charge in [-0.05, 0) is 183 Å². The Morgan fingerprint density at radius 1 is 0.200 bits per heavy atom. The summed E-state index contributed by atoms with van der Waals surface area (Å²) in [6.07, 6.45) is 6.23. The zero-order valence-corrected chi connectivity index (χ0v) is 68.8. The second kappa shape index (κ2) is 33.3. The summed E-state index contributed by atoms with van der Waals surface area (Å²) in [6, 6.07) is 116. The Morgan fingerprint density at radius 2 is 0.461 bits per heavy atom. The fourth-order valence-corrected chi connectivity index (χ4v) is 16.6. The number of fused-ring (bicyclic) bond motifs is 4. The van der Waals surface area contributed by atoms with Gasteiger partial charge in [-0.15, -0.1) is 0 Å². The highest BCUT2D eigenvalue weighted by atomic mass is 15.1. The molecule has 0 spiro atoms. The second-order valence-electron chi connectivity index (χ2n) is 30.2. The fraction of sp³-hybridized carbons (Fsp3) is 0.144. The number of rotatable bonds is 10. The summed E-state index contributed by atoms with van der Waals surface area (Å²) in [5.41, 5.74) is 33.7. The first kappa shape index (κ1) is 76.6. The molecule has 11 heteroatoms. The number of hydrogen-bond acceptors (Lipinski definition) is 0. The van der Waals surface area contributed by atoms with Crippen molar-refractivity contribution in [2.24, 2.45) is 77.5 Å². The lowest BCUT2D eigenvalue weighted by molar-refractivity contribution is -0.649. The first-order valence-corrected chi connectivity index (χ1v) is 39.5. The first-order chi connectivity index (χ1) is 55.8. The van der Waals surface area contributed by atoms with Crippen LogP contribution >= 0.6 is 0 Å². The van der Waals surface area contributed by atoms with Gasteiger partial charge in [0.05, 0.1) is 5.39 Å². The van der Waals surface area contributed by atoms with E-state index in [0.717, 1.165) is 0 Å². The molecule has 0 bridgehead atoms. The Labute approximate surface area is 676 Å². The van der Waals surface area contributed by atoms with Crippen LogP contribution in [0.1, 0.15) is 22.3 Å². The van der Waals surface area contributed by atoms with Gasteiger partial charge in [0.2, 0.25) is 56.9 Å². The van der Waals surface area contributed by atoms with E-state index in [4.69, 9.17) is 0 Å². The molecule has 0 aliphatic rings. The maximum Gasteiger partial charge on any atom is 0.229 e. The molecule has 11 heterocycles. The predicted octanol–water partition coefficient (Wildman–Crippen LogP) is 21.1. The summed E-state index contributed by atoms with van der Waals surface area (Å²) >= 11 is 0. The number of pyridine rings is 5. The molecule has 0 amide bonds. The zero-order chi connectivity index (χ0) is 80.1. The molecule has 0 atom stereocenters. The largest absolute Gasteiger partial charge is 0.346 e. The minimum Gasteiger partial charge on any atom is -0.346 e. The number of nitrogens with zero attached hydrogens (tertiary/aromatic N) is 11. The van der Waals surface area contributed by atoms with Crippen molar-refractivity contribution in [2.75, 3.05) is 0 Å². The molecule has 0 radical (unpaired) electrons. The van der Waals surface area contributed by atoms with E-state index >= 15 is 0 Å². The lowest BCUT2D eigenvalue weighted by Gasteiger charge is -2.12. The Kier molecular flexibility index (Phi) is 22.2. The van der Waals surface area contributed by atoms with Crippen molar-refractivity contribution in [1.82, 2.24) is 27.4 Å². The third-order valence-corrected chi connectivity index (χ3v) is 23.1.